The molecule has 0 unspecified atom stereocenters. The van der Waals surface area contributed by atoms with Crippen molar-refractivity contribution in [3.05, 3.63) is 54.3 Å². The number of nitrogens with zero attached hydrogens (tertiary/aromatic N) is 3. The Kier molecular flexibility index (Phi) is 4.14. The molecule has 1 atom stereocenters. The first kappa shape index (κ1) is 16.0. The van der Waals surface area contributed by atoms with Crippen LogP contribution in [0.25, 0.3) is 15.2 Å². The Morgan fingerprint density at radius 2 is 1.96 bits per heavy atom. The number of para-hydroxylation sites is 1. The summed E-state index contributed by atoms with van der Waals surface area (Å²) in [6, 6.07) is 13.7. The number of halogens is 1. The van der Waals surface area contributed by atoms with Crippen molar-refractivity contribution in [2.75, 3.05) is 5.32 Å². The van der Waals surface area contributed by atoms with E-state index in [0.29, 0.717) is 10.8 Å². The summed E-state index contributed by atoms with van der Waals surface area (Å²) in [5.74, 6) is -0.511. The van der Waals surface area contributed by atoms with E-state index >= 15 is 0 Å². The van der Waals surface area contributed by atoms with Gasteiger partial charge in [0.25, 0.3) is 0 Å². The number of hydrogen-bond acceptors (Lipinski definition) is 5. The maximum Gasteiger partial charge on any atom is 0.237 e. The van der Waals surface area contributed by atoms with E-state index in [2.05, 4.69) is 15.5 Å². The van der Waals surface area contributed by atoms with Gasteiger partial charge in [0.2, 0.25) is 10.9 Å². The van der Waals surface area contributed by atoms with E-state index in [1.54, 1.807) is 18.3 Å². The number of rotatable bonds is 4. The molecule has 1 N–H and O–H groups in total. The molecule has 126 valence electrons. The highest BCUT2D eigenvalue weighted by molar-refractivity contribution is 8.00. The first-order chi connectivity index (χ1) is 12.1. The molecule has 0 bridgehead atoms. The number of carbonyl (C=O) groups excluding carboxylic acids is 1. The highest BCUT2D eigenvalue weighted by Gasteiger charge is 2.20. The topological polar surface area (TPSA) is 59.3 Å². The van der Waals surface area contributed by atoms with Crippen LogP contribution in [0.4, 0.5) is 10.1 Å². The number of carbonyl (C=O) groups is 1. The molecule has 0 spiro atoms. The third-order valence-corrected chi connectivity index (χ3v) is 5.73. The van der Waals surface area contributed by atoms with Crippen LogP contribution in [-0.4, -0.2) is 25.8 Å². The second-order valence-electron chi connectivity index (χ2n) is 5.43. The van der Waals surface area contributed by atoms with E-state index in [0.717, 1.165) is 15.2 Å². The van der Waals surface area contributed by atoms with E-state index in [1.807, 2.05) is 28.7 Å². The fraction of sp³-hybridized carbons (Fsp3) is 0.118. The Balaban J connectivity index is 1.56. The smallest absolute Gasteiger partial charge is 0.237 e. The van der Waals surface area contributed by atoms with Crippen LogP contribution in [0.1, 0.15) is 6.92 Å². The Morgan fingerprint density at radius 3 is 2.76 bits per heavy atom. The summed E-state index contributed by atoms with van der Waals surface area (Å²) >= 11 is 2.90. The van der Waals surface area contributed by atoms with Gasteiger partial charge in [0.05, 0.1) is 15.5 Å². The minimum atomic E-state index is -0.379. The maximum atomic E-state index is 12.9. The molecule has 0 saturated carbocycles. The zero-order chi connectivity index (χ0) is 17.4. The average molecular weight is 372 g/mol. The van der Waals surface area contributed by atoms with Gasteiger partial charge in [-0.3, -0.25) is 9.20 Å². The second kappa shape index (κ2) is 6.45. The van der Waals surface area contributed by atoms with Crippen molar-refractivity contribution in [3.8, 4) is 0 Å². The summed E-state index contributed by atoms with van der Waals surface area (Å²) in [5.41, 5.74) is 1.59. The van der Waals surface area contributed by atoms with Crippen molar-refractivity contribution in [3.63, 3.8) is 0 Å². The molecule has 1 amide bonds. The quantitative estimate of drug-likeness (QED) is 0.546. The number of anilines is 1. The predicted molar refractivity (Wildman–Crippen MR) is 98.7 cm³/mol. The van der Waals surface area contributed by atoms with Crippen LogP contribution in [0.5, 0.6) is 0 Å². The highest BCUT2D eigenvalue weighted by Crippen LogP contribution is 2.31. The van der Waals surface area contributed by atoms with E-state index in [4.69, 9.17) is 0 Å². The number of thioether (sulfide) groups is 1. The molecule has 8 heteroatoms. The van der Waals surface area contributed by atoms with E-state index in [-0.39, 0.29) is 17.0 Å². The molecule has 2 aromatic heterocycles. The molecule has 0 radical (unpaired) electrons. The Labute approximate surface area is 150 Å². The highest BCUT2D eigenvalue weighted by atomic mass is 32.2. The van der Waals surface area contributed by atoms with Gasteiger partial charge in [0, 0.05) is 5.69 Å². The van der Waals surface area contributed by atoms with Gasteiger partial charge in [-0.25, -0.2) is 4.39 Å². The van der Waals surface area contributed by atoms with E-state index < -0.39 is 0 Å². The largest absolute Gasteiger partial charge is 0.325 e. The number of nitrogens with one attached hydrogen (secondary N) is 1. The first-order valence-corrected chi connectivity index (χ1v) is 9.27. The summed E-state index contributed by atoms with van der Waals surface area (Å²) in [6.07, 6.45) is 0. The van der Waals surface area contributed by atoms with Crippen molar-refractivity contribution < 1.29 is 9.18 Å². The van der Waals surface area contributed by atoms with Gasteiger partial charge in [0.1, 0.15) is 5.82 Å². The fourth-order valence-corrected chi connectivity index (χ4v) is 4.30. The van der Waals surface area contributed by atoms with Crippen LogP contribution in [0, 0.1) is 5.82 Å². The van der Waals surface area contributed by atoms with Crippen LogP contribution >= 0.6 is 23.1 Å². The Hall–Kier alpha value is -2.45. The molecule has 2 aromatic carbocycles. The van der Waals surface area contributed by atoms with Crippen LogP contribution in [0.15, 0.2) is 53.7 Å². The molecule has 0 aliphatic heterocycles. The normalized spacial score (nSPS) is 12.6. The zero-order valence-electron chi connectivity index (χ0n) is 13.1. The maximum absolute atomic E-state index is 12.9. The number of thiazole rings is 1. The molecular formula is C17H13FN4OS2. The Bertz CT molecular complexity index is 1060. The van der Waals surface area contributed by atoms with Gasteiger partial charge in [0.15, 0.2) is 5.16 Å². The van der Waals surface area contributed by atoms with E-state index in [1.165, 1.54) is 36.0 Å². The molecule has 0 fully saturated rings. The van der Waals surface area contributed by atoms with Crippen LogP contribution < -0.4 is 5.32 Å². The van der Waals surface area contributed by atoms with Crippen molar-refractivity contribution >= 4 is 49.9 Å². The Morgan fingerprint density at radius 1 is 1.20 bits per heavy atom. The summed E-state index contributed by atoms with van der Waals surface area (Å²) in [4.78, 5) is 13.2. The molecular weight excluding hydrogens is 359 g/mol. The van der Waals surface area contributed by atoms with Gasteiger partial charge in [-0.05, 0) is 43.3 Å². The lowest BCUT2D eigenvalue weighted by Crippen LogP contribution is -2.22. The molecule has 0 aliphatic carbocycles. The summed E-state index contributed by atoms with van der Waals surface area (Å²) in [5, 5.41) is 11.5. The molecule has 4 aromatic rings. The predicted octanol–water partition coefficient (Wildman–Crippen LogP) is 4.20. The van der Waals surface area contributed by atoms with Gasteiger partial charge in [-0.1, -0.05) is 35.2 Å². The van der Waals surface area contributed by atoms with Gasteiger partial charge < -0.3 is 5.32 Å². The third kappa shape index (κ3) is 3.10. The lowest BCUT2D eigenvalue weighted by molar-refractivity contribution is -0.115. The molecule has 0 aliphatic rings. The van der Waals surface area contributed by atoms with E-state index in [9.17, 15) is 9.18 Å². The van der Waals surface area contributed by atoms with Crippen molar-refractivity contribution in [1.82, 2.24) is 14.6 Å². The van der Waals surface area contributed by atoms with Gasteiger partial charge >= 0.3 is 0 Å². The van der Waals surface area contributed by atoms with Gasteiger partial charge in [-0.15, -0.1) is 10.2 Å². The SMILES string of the molecule is C[C@H](Sc1nnc2sc3ccccc3n12)C(=O)Nc1ccc(F)cc1. The molecule has 4 rings (SSSR count). The fourth-order valence-electron chi connectivity index (χ4n) is 2.42. The summed E-state index contributed by atoms with van der Waals surface area (Å²) in [6.45, 7) is 1.80. The van der Waals surface area contributed by atoms with Crippen LogP contribution in [0.3, 0.4) is 0 Å². The monoisotopic (exact) mass is 372 g/mol. The van der Waals surface area contributed by atoms with Crippen LogP contribution in [0.2, 0.25) is 0 Å². The molecule has 2 heterocycles. The number of fused-ring (bicyclic) bond motifs is 3. The summed E-state index contributed by atoms with van der Waals surface area (Å²) < 4.78 is 16.0. The number of amides is 1. The standard InChI is InChI=1S/C17H13FN4OS2/c1-10(15(23)19-12-8-6-11(18)7-9-12)24-16-20-21-17-22(16)13-4-2-3-5-14(13)25-17/h2-10H,1H3,(H,19,23)/t10-/m0/s1. The minimum absolute atomic E-state index is 0.173. The molecule has 0 saturated heterocycles. The first-order valence-electron chi connectivity index (χ1n) is 7.57. The zero-order valence-corrected chi connectivity index (χ0v) is 14.8. The van der Waals surface area contributed by atoms with Gasteiger partial charge in [-0.2, -0.15) is 0 Å². The average Bonchev–Trinajstić information content (AvgIpc) is 3.16. The summed E-state index contributed by atoms with van der Waals surface area (Å²) in [7, 11) is 0. The third-order valence-electron chi connectivity index (χ3n) is 3.67. The number of aromatic nitrogens is 3. The van der Waals surface area contributed by atoms with Crippen LogP contribution in [-0.2, 0) is 4.79 Å². The van der Waals surface area contributed by atoms with Crippen molar-refractivity contribution in [2.45, 2.75) is 17.3 Å². The second-order valence-corrected chi connectivity index (χ2v) is 7.74. The number of hydrogen-bond donors (Lipinski definition) is 1. The van der Waals surface area contributed by atoms with Crippen molar-refractivity contribution in [1.29, 1.82) is 0 Å². The minimum Gasteiger partial charge on any atom is -0.325 e. The lowest BCUT2D eigenvalue weighted by Gasteiger charge is -2.10. The lowest BCUT2D eigenvalue weighted by atomic mass is 10.3. The molecule has 5 nitrogen and oxygen atoms in total. The van der Waals surface area contributed by atoms with Crippen molar-refractivity contribution in [2.24, 2.45) is 0 Å². The molecule has 25 heavy (non-hydrogen) atoms. The number of benzene rings is 2.